The van der Waals surface area contributed by atoms with Crippen LogP contribution in [-0.4, -0.2) is 23.0 Å². The summed E-state index contributed by atoms with van der Waals surface area (Å²) in [5.41, 5.74) is 1.20. The summed E-state index contributed by atoms with van der Waals surface area (Å²) in [5.74, 6) is 0. The van der Waals surface area contributed by atoms with E-state index in [2.05, 4.69) is 17.2 Å². The summed E-state index contributed by atoms with van der Waals surface area (Å²) in [6.07, 6.45) is 2.93. The minimum absolute atomic E-state index is 0.792. The number of benzene rings is 1. The smallest absolute Gasteiger partial charge is 0.0682 e. The first kappa shape index (κ1) is 10.2. The normalized spacial score (nSPS) is 11.0. The van der Waals surface area contributed by atoms with Crippen LogP contribution < -0.4 is 0 Å². The van der Waals surface area contributed by atoms with Gasteiger partial charge in [0.1, 0.15) is 0 Å². The van der Waals surface area contributed by atoms with Gasteiger partial charge in [-0.1, -0.05) is 18.2 Å². The lowest BCUT2D eigenvalue weighted by Crippen LogP contribution is -2.03. The topological polar surface area (TPSA) is 27.1 Å². The molecule has 0 radical (unpaired) electrons. The van der Waals surface area contributed by atoms with Crippen molar-refractivity contribution < 1.29 is 4.74 Å². The Morgan fingerprint density at radius 3 is 3.07 bits per heavy atom. The van der Waals surface area contributed by atoms with Crippen LogP contribution in [0.1, 0.15) is 13.3 Å². The molecule has 3 heteroatoms. The molecule has 80 valence electrons. The molecule has 2 rings (SSSR count). The van der Waals surface area contributed by atoms with Crippen LogP contribution in [0, 0.1) is 0 Å². The minimum Gasteiger partial charge on any atom is -0.382 e. The van der Waals surface area contributed by atoms with E-state index in [1.165, 1.54) is 10.9 Å². The fourth-order valence-corrected chi connectivity index (χ4v) is 1.66. The summed E-state index contributed by atoms with van der Waals surface area (Å²) in [6, 6.07) is 8.27. The number of aromatic nitrogens is 2. The van der Waals surface area contributed by atoms with Crippen molar-refractivity contribution in [3.8, 4) is 0 Å². The van der Waals surface area contributed by atoms with E-state index in [0.717, 1.165) is 26.2 Å². The maximum atomic E-state index is 5.30. The molecule has 0 spiro atoms. The molecule has 2 aromatic rings. The summed E-state index contributed by atoms with van der Waals surface area (Å²) in [7, 11) is 0. The van der Waals surface area contributed by atoms with Gasteiger partial charge < -0.3 is 4.74 Å². The lowest BCUT2D eigenvalue weighted by Gasteiger charge is -2.03. The Bertz CT molecular complexity index is 422. The third-order valence-electron chi connectivity index (χ3n) is 2.41. The van der Waals surface area contributed by atoms with Gasteiger partial charge in [-0.15, -0.1) is 0 Å². The van der Waals surface area contributed by atoms with Crippen LogP contribution in [0.15, 0.2) is 30.5 Å². The van der Waals surface area contributed by atoms with Gasteiger partial charge in [0.05, 0.1) is 11.7 Å². The highest BCUT2D eigenvalue weighted by Crippen LogP contribution is 2.12. The molecule has 1 aromatic heterocycles. The number of aryl methyl sites for hydroxylation is 1. The van der Waals surface area contributed by atoms with E-state index >= 15 is 0 Å². The number of hydrogen-bond acceptors (Lipinski definition) is 2. The monoisotopic (exact) mass is 204 g/mol. The fraction of sp³-hybridized carbons (Fsp3) is 0.417. The Labute approximate surface area is 89.7 Å². The van der Waals surface area contributed by atoms with Crippen molar-refractivity contribution >= 4 is 10.9 Å². The first-order valence-corrected chi connectivity index (χ1v) is 5.40. The molecular formula is C12H16N2O. The van der Waals surface area contributed by atoms with Crippen molar-refractivity contribution in [2.45, 2.75) is 19.9 Å². The molecule has 0 aliphatic rings. The van der Waals surface area contributed by atoms with Gasteiger partial charge in [0.2, 0.25) is 0 Å². The number of hydrogen-bond donors (Lipinski definition) is 0. The Kier molecular flexibility index (Phi) is 3.35. The third-order valence-corrected chi connectivity index (χ3v) is 2.41. The van der Waals surface area contributed by atoms with E-state index in [4.69, 9.17) is 4.74 Å². The van der Waals surface area contributed by atoms with Crippen molar-refractivity contribution in [3.05, 3.63) is 30.5 Å². The Balaban J connectivity index is 2.02. The first-order valence-electron chi connectivity index (χ1n) is 5.40. The van der Waals surface area contributed by atoms with Gasteiger partial charge in [-0.3, -0.25) is 4.68 Å². The van der Waals surface area contributed by atoms with Gasteiger partial charge >= 0.3 is 0 Å². The predicted molar refractivity (Wildman–Crippen MR) is 60.8 cm³/mol. The van der Waals surface area contributed by atoms with Crippen LogP contribution in [-0.2, 0) is 11.3 Å². The summed E-state index contributed by atoms with van der Waals surface area (Å²) >= 11 is 0. The van der Waals surface area contributed by atoms with Crippen LogP contribution in [0.5, 0.6) is 0 Å². The standard InChI is InChI=1S/C12H16N2O/c1-2-15-9-5-8-14-12-7-4-3-6-11(12)10-13-14/h3-4,6-7,10H,2,5,8-9H2,1H3. The molecule has 0 fully saturated rings. The second-order valence-electron chi connectivity index (χ2n) is 3.48. The van der Waals surface area contributed by atoms with Gasteiger partial charge in [0.15, 0.2) is 0 Å². The highest BCUT2D eigenvalue weighted by Gasteiger charge is 2.00. The zero-order valence-corrected chi connectivity index (χ0v) is 9.02. The van der Waals surface area contributed by atoms with Crippen molar-refractivity contribution in [2.24, 2.45) is 0 Å². The van der Waals surface area contributed by atoms with E-state index in [1.54, 1.807) is 0 Å². The van der Waals surface area contributed by atoms with Crippen molar-refractivity contribution in [3.63, 3.8) is 0 Å². The molecule has 3 nitrogen and oxygen atoms in total. The molecule has 0 atom stereocenters. The molecule has 0 amide bonds. The second-order valence-corrected chi connectivity index (χ2v) is 3.48. The summed E-state index contributed by atoms with van der Waals surface area (Å²) in [6.45, 7) is 4.54. The molecular weight excluding hydrogens is 188 g/mol. The van der Waals surface area contributed by atoms with Gasteiger partial charge in [-0.05, 0) is 19.4 Å². The lowest BCUT2D eigenvalue weighted by atomic mass is 10.2. The van der Waals surface area contributed by atoms with Gasteiger partial charge in [0, 0.05) is 25.1 Å². The molecule has 0 aliphatic heterocycles. The first-order chi connectivity index (χ1) is 7.42. The molecule has 0 aliphatic carbocycles. The molecule has 1 aromatic carbocycles. The van der Waals surface area contributed by atoms with E-state index < -0.39 is 0 Å². The van der Waals surface area contributed by atoms with Crippen molar-refractivity contribution in [1.82, 2.24) is 9.78 Å². The highest BCUT2D eigenvalue weighted by molar-refractivity contribution is 5.78. The Morgan fingerprint density at radius 2 is 2.20 bits per heavy atom. The molecule has 0 saturated carbocycles. The van der Waals surface area contributed by atoms with Gasteiger partial charge in [-0.2, -0.15) is 5.10 Å². The second kappa shape index (κ2) is 4.94. The Hall–Kier alpha value is -1.35. The van der Waals surface area contributed by atoms with Crippen molar-refractivity contribution in [2.75, 3.05) is 13.2 Å². The number of nitrogens with zero attached hydrogens (tertiary/aromatic N) is 2. The SMILES string of the molecule is CCOCCCn1ncc2ccccc21. The third kappa shape index (κ3) is 2.36. The van der Waals surface area contributed by atoms with Crippen LogP contribution in [0.3, 0.4) is 0 Å². The highest BCUT2D eigenvalue weighted by atomic mass is 16.5. The van der Waals surface area contributed by atoms with Crippen LogP contribution in [0.2, 0.25) is 0 Å². The molecule has 15 heavy (non-hydrogen) atoms. The average Bonchev–Trinajstić information content (AvgIpc) is 2.68. The van der Waals surface area contributed by atoms with E-state index in [0.29, 0.717) is 0 Å². The minimum atomic E-state index is 0.792. The largest absolute Gasteiger partial charge is 0.382 e. The molecule has 1 heterocycles. The summed E-state index contributed by atoms with van der Waals surface area (Å²) in [5, 5.41) is 5.56. The molecule has 0 unspecified atom stereocenters. The number of fused-ring (bicyclic) bond motifs is 1. The molecule has 0 saturated heterocycles. The lowest BCUT2D eigenvalue weighted by molar-refractivity contribution is 0.141. The zero-order chi connectivity index (χ0) is 10.5. The van der Waals surface area contributed by atoms with Crippen LogP contribution in [0.4, 0.5) is 0 Å². The maximum Gasteiger partial charge on any atom is 0.0682 e. The summed E-state index contributed by atoms with van der Waals surface area (Å²) in [4.78, 5) is 0. The van der Waals surface area contributed by atoms with Crippen molar-refractivity contribution in [1.29, 1.82) is 0 Å². The summed E-state index contributed by atoms with van der Waals surface area (Å²) < 4.78 is 7.34. The van der Waals surface area contributed by atoms with E-state index in [-0.39, 0.29) is 0 Å². The number of para-hydroxylation sites is 1. The van der Waals surface area contributed by atoms with Crippen LogP contribution >= 0.6 is 0 Å². The predicted octanol–water partition coefficient (Wildman–Crippen LogP) is 2.46. The van der Waals surface area contributed by atoms with Gasteiger partial charge in [0.25, 0.3) is 0 Å². The zero-order valence-electron chi connectivity index (χ0n) is 9.02. The number of ether oxygens (including phenoxy) is 1. The fourth-order valence-electron chi connectivity index (χ4n) is 1.66. The number of rotatable bonds is 5. The average molecular weight is 204 g/mol. The van der Waals surface area contributed by atoms with Crippen LogP contribution in [0.25, 0.3) is 10.9 Å². The van der Waals surface area contributed by atoms with E-state index in [1.807, 2.05) is 29.9 Å². The maximum absolute atomic E-state index is 5.30. The quantitative estimate of drug-likeness (QED) is 0.699. The van der Waals surface area contributed by atoms with E-state index in [9.17, 15) is 0 Å². The van der Waals surface area contributed by atoms with Gasteiger partial charge in [-0.25, -0.2) is 0 Å². The molecule has 0 bridgehead atoms. The Morgan fingerprint density at radius 1 is 1.33 bits per heavy atom. The molecule has 0 N–H and O–H groups in total.